The van der Waals surface area contributed by atoms with Crippen LogP contribution >= 0.6 is 0 Å². The molecule has 2 aliphatic rings. The Morgan fingerprint density at radius 3 is 1.48 bits per heavy atom. The molecule has 14 heteroatoms. The van der Waals surface area contributed by atoms with Gasteiger partial charge in [-0.3, -0.25) is 0 Å². The summed E-state index contributed by atoms with van der Waals surface area (Å²) in [6.07, 6.45) is 23.0. The highest BCUT2D eigenvalue weighted by Gasteiger charge is 2.47. The Morgan fingerprint density at radius 1 is 0.508 bits per heavy atom. The minimum atomic E-state index is -1.63. The molecular weight excluding hydrogens is 830 g/mol. The SMILES string of the molecule is CCCCC/C=C\C/C=C\CCCCCCCCO[C@@H]1O[C@H](CO[C@H]2O[C@H](COCC(O)C[N+](C)(C)CCCCCCCCCCCCCC)[C@@H](O)[C@H](O)[C@H]2O)[C@@H](O)[C@H](O)[C@H]1O.[Cl-]. The Balaban J connectivity index is 0.0000198. The van der Waals surface area contributed by atoms with E-state index in [0.29, 0.717) is 17.6 Å². The van der Waals surface area contributed by atoms with Crippen molar-refractivity contribution < 1.29 is 76.3 Å². The van der Waals surface area contributed by atoms with Crippen LogP contribution in [0.25, 0.3) is 0 Å². The van der Waals surface area contributed by atoms with Gasteiger partial charge in [-0.05, 0) is 51.4 Å². The molecule has 63 heavy (non-hydrogen) atoms. The number of ether oxygens (including phenoxy) is 5. The van der Waals surface area contributed by atoms with Gasteiger partial charge >= 0.3 is 0 Å². The summed E-state index contributed by atoms with van der Waals surface area (Å²) >= 11 is 0. The summed E-state index contributed by atoms with van der Waals surface area (Å²) in [5.41, 5.74) is 0. The predicted octanol–water partition coefficient (Wildman–Crippen LogP) is 3.61. The third-order valence-corrected chi connectivity index (χ3v) is 12.3. The summed E-state index contributed by atoms with van der Waals surface area (Å²) in [6.45, 7) is 5.66. The van der Waals surface area contributed by atoms with Crippen molar-refractivity contribution in [2.75, 3.05) is 53.6 Å². The molecule has 0 saturated carbocycles. The highest BCUT2D eigenvalue weighted by molar-refractivity contribution is 4.93. The molecule has 2 aliphatic heterocycles. The lowest BCUT2D eigenvalue weighted by molar-refractivity contribution is -0.893. The van der Waals surface area contributed by atoms with Crippen molar-refractivity contribution in [2.24, 2.45) is 0 Å². The second kappa shape index (κ2) is 37.3. The number of nitrogens with zero attached hydrogens (tertiary/aromatic N) is 1. The third kappa shape index (κ3) is 27.0. The molecule has 0 aromatic carbocycles. The number of hydrogen-bond acceptors (Lipinski definition) is 12. The first-order valence-corrected chi connectivity index (χ1v) is 24.9. The second-order valence-corrected chi connectivity index (χ2v) is 18.7. The fourth-order valence-electron chi connectivity index (χ4n) is 8.28. The molecular formula is C49H94ClNO12. The number of unbranched alkanes of at least 4 members (excludes halogenated alkanes) is 20. The highest BCUT2D eigenvalue weighted by Crippen LogP contribution is 2.27. The van der Waals surface area contributed by atoms with Crippen molar-refractivity contribution >= 4 is 0 Å². The molecule has 2 fully saturated rings. The first kappa shape index (κ1) is 60.3. The Labute approximate surface area is 388 Å². The van der Waals surface area contributed by atoms with E-state index in [-0.39, 0.29) is 32.2 Å². The van der Waals surface area contributed by atoms with E-state index < -0.39 is 67.5 Å². The summed E-state index contributed by atoms with van der Waals surface area (Å²) in [5, 5.41) is 74.4. The zero-order valence-electron chi connectivity index (χ0n) is 39.9. The number of rotatable bonds is 38. The van der Waals surface area contributed by atoms with E-state index in [2.05, 4.69) is 52.2 Å². The molecule has 0 amide bonds. The lowest BCUT2D eigenvalue weighted by Gasteiger charge is -2.43. The van der Waals surface area contributed by atoms with E-state index in [1.165, 1.54) is 96.3 Å². The summed E-state index contributed by atoms with van der Waals surface area (Å²) in [7, 11) is 4.19. The Hall–Kier alpha value is -0.750. The lowest BCUT2D eigenvalue weighted by Crippen LogP contribution is -3.00. The van der Waals surface area contributed by atoms with E-state index in [0.717, 1.165) is 64.3 Å². The van der Waals surface area contributed by atoms with Gasteiger partial charge in [0.05, 0.1) is 40.5 Å². The minimum Gasteiger partial charge on any atom is -1.00 e. The van der Waals surface area contributed by atoms with Gasteiger partial charge in [-0.25, -0.2) is 0 Å². The molecule has 2 heterocycles. The second-order valence-electron chi connectivity index (χ2n) is 18.7. The average molecular weight is 925 g/mol. The number of quaternary nitrogens is 1. The quantitative estimate of drug-likeness (QED) is 0.0272. The summed E-state index contributed by atoms with van der Waals surface area (Å²) in [6, 6.07) is 0. The van der Waals surface area contributed by atoms with Crippen LogP contribution in [-0.2, 0) is 23.7 Å². The number of likely N-dealkylation sites (N-methyl/N-ethyl adjacent to an activating group) is 1. The summed E-state index contributed by atoms with van der Waals surface area (Å²) < 4.78 is 29.4. The van der Waals surface area contributed by atoms with Gasteiger partial charge in [-0.15, -0.1) is 0 Å². The van der Waals surface area contributed by atoms with E-state index in [4.69, 9.17) is 23.7 Å². The molecule has 0 aromatic rings. The van der Waals surface area contributed by atoms with Crippen molar-refractivity contribution in [3.05, 3.63) is 24.3 Å². The fourth-order valence-corrected chi connectivity index (χ4v) is 8.28. The van der Waals surface area contributed by atoms with Crippen LogP contribution < -0.4 is 12.4 Å². The van der Waals surface area contributed by atoms with Crippen LogP contribution in [0.2, 0.25) is 0 Å². The molecule has 0 spiro atoms. The van der Waals surface area contributed by atoms with Gasteiger partial charge in [-0.2, -0.15) is 0 Å². The zero-order chi connectivity index (χ0) is 45.4. The lowest BCUT2D eigenvalue weighted by atomic mass is 9.98. The largest absolute Gasteiger partial charge is 1.00 e. The van der Waals surface area contributed by atoms with Gasteiger partial charge in [0, 0.05) is 6.61 Å². The third-order valence-electron chi connectivity index (χ3n) is 12.3. The van der Waals surface area contributed by atoms with Crippen LogP contribution in [0, 0.1) is 0 Å². The van der Waals surface area contributed by atoms with Gasteiger partial charge in [0.25, 0.3) is 0 Å². The van der Waals surface area contributed by atoms with Gasteiger partial charge in [0.15, 0.2) is 12.6 Å². The molecule has 2 saturated heterocycles. The predicted molar refractivity (Wildman–Crippen MR) is 244 cm³/mol. The van der Waals surface area contributed by atoms with Crippen molar-refractivity contribution in [3.8, 4) is 0 Å². The van der Waals surface area contributed by atoms with Crippen molar-refractivity contribution in [1.82, 2.24) is 0 Å². The Kier molecular flexibility index (Phi) is 35.6. The van der Waals surface area contributed by atoms with E-state index in [1.807, 2.05) is 0 Å². The summed E-state index contributed by atoms with van der Waals surface area (Å²) in [4.78, 5) is 0. The first-order valence-electron chi connectivity index (χ1n) is 24.9. The smallest absolute Gasteiger partial charge is 0.186 e. The average Bonchev–Trinajstić information content (AvgIpc) is 3.24. The van der Waals surface area contributed by atoms with Gasteiger partial charge in [-0.1, -0.05) is 141 Å². The molecule has 13 nitrogen and oxygen atoms in total. The standard InChI is InChI=1S/C49H94NO12.ClH/c1-5-7-9-11-13-15-17-19-20-21-22-24-26-28-30-32-34-59-48-46(56)45(55)43(53)41(62-48)38-60-49-47(57)44(54)42(52)40(61-49)37-58-36-39(51)35-50(3,4)33-31-29-27-25-23-18-16-14-12-10-8-6-2;/h13,15,19-20,39-49,51-57H,5-12,14,16-18,21-38H2,1-4H3;1H/q+1;/p-1/b15-13-,20-19-;/t39?,40-,41-,42-,43-,44+,45+,46-,47-,48-,49+;/m1./s1. The molecule has 0 radical (unpaired) electrons. The van der Waals surface area contributed by atoms with Crippen LogP contribution in [0.4, 0.5) is 0 Å². The maximum absolute atomic E-state index is 10.8. The zero-order valence-corrected chi connectivity index (χ0v) is 40.6. The van der Waals surface area contributed by atoms with Gasteiger partial charge in [0.2, 0.25) is 0 Å². The molecule has 2 rings (SSSR count). The maximum atomic E-state index is 10.8. The maximum Gasteiger partial charge on any atom is 0.186 e. The topological polar surface area (TPSA) is 188 Å². The molecule has 374 valence electrons. The van der Waals surface area contributed by atoms with Crippen molar-refractivity contribution in [3.63, 3.8) is 0 Å². The monoisotopic (exact) mass is 924 g/mol. The van der Waals surface area contributed by atoms with E-state index in [9.17, 15) is 35.7 Å². The van der Waals surface area contributed by atoms with Gasteiger partial charge in [0.1, 0.15) is 61.5 Å². The number of halogens is 1. The Bertz CT molecular complexity index is 1120. The van der Waals surface area contributed by atoms with E-state index in [1.54, 1.807) is 0 Å². The minimum absolute atomic E-state index is 0. The first-order chi connectivity index (χ1) is 29.9. The molecule has 1 unspecified atom stereocenters. The number of allylic oxidation sites excluding steroid dienone is 4. The van der Waals surface area contributed by atoms with Crippen LogP contribution in [0.1, 0.15) is 168 Å². The van der Waals surface area contributed by atoms with Crippen LogP contribution in [0.3, 0.4) is 0 Å². The van der Waals surface area contributed by atoms with Crippen molar-refractivity contribution in [2.45, 2.75) is 235 Å². The van der Waals surface area contributed by atoms with Gasteiger partial charge < -0.3 is 76.3 Å². The number of aliphatic hydroxyl groups excluding tert-OH is 7. The summed E-state index contributed by atoms with van der Waals surface area (Å²) in [5.74, 6) is 0. The van der Waals surface area contributed by atoms with Crippen molar-refractivity contribution in [1.29, 1.82) is 0 Å². The normalized spacial score (nSPS) is 27.3. The molecule has 0 bridgehead atoms. The fraction of sp³-hybridized carbons (Fsp3) is 0.918. The van der Waals surface area contributed by atoms with Crippen LogP contribution in [-0.4, -0.2) is 161 Å². The molecule has 0 aliphatic carbocycles. The molecule has 11 atom stereocenters. The molecule has 7 N–H and O–H groups in total. The Morgan fingerprint density at radius 2 is 0.937 bits per heavy atom. The number of hydrogen-bond donors (Lipinski definition) is 7. The number of aliphatic hydroxyl groups is 7. The molecule has 0 aromatic heterocycles. The highest BCUT2D eigenvalue weighted by atomic mass is 35.5. The van der Waals surface area contributed by atoms with Crippen LogP contribution in [0.5, 0.6) is 0 Å². The van der Waals surface area contributed by atoms with E-state index >= 15 is 0 Å². The van der Waals surface area contributed by atoms with Crippen LogP contribution in [0.15, 0.2) is 24.3 Å².